The van der Waals surface area contributed by atoms with Crippen molar-refractivity contribution in [3.05, 3.63) is 33.8 Å². The smallest absolute Gasteiger partial charge is 0.263 e. The third-order valence-electron chi connectivity index (χ3n) is 2.90. The lowest BCUT2D eigenvalue weighted by atomic mass is 10.2. The normalized spacial score (nSPS) is 11.9. The second-order valence-electron chi connectivity index (χ2n) is 4.98. The van der Waals surface area contributed by atoms with Gasteiger partial charge in [-0.25, -0.2) is 13.4 Å². The lowest BCUT2D eigenvalue weighted by Crippen LogP contribution is -2.13. The Labute approximate surface area is 133 Å². The number of benzene rings is 1. The van der Waals surface area contributed by atoms with Crippen molar-refractivity contribution in [3.8, 4) is 0 Å². The topological polar surface area (TPSA) is 85.1 Å². The molecule has 2 rings (SSSR count). The minimum Gasteiger partial charge on any atom is -0.397 e. The van der Waals surface area contributed by atoms with Crippen LogP contribution in [0.15, 0.2) is 22.4 Å². The maximum Gasteiger partial charge on any atom is 0.263 e. The highest BCUT2D eigenvalue weighted by atomic mass is 35.5. The fraction of sp³-hybridized carbons (Fsp3) is 0.308. The van der Waals surface area contributed by atoms with Gasteiger partial charge in [-0.1, -0.05) is 25.4 Å². The molecule has 0 radical (unpaired) electrons. The third kappa shape index (κ3) is 3.48. The lowest BCUT2D eigenvalue weighted by Gasteiger charge is -2.09. The molecule has 0 aliphatic rings. The Bertz CT molecular complexity index is 746. The largest absolute Gasteiger partial charge is 0.397 e. The number of aryl methyl sites for hydroxylation is 1. The Hall–Kier alpha value is -1.31. The van der Waals surface area contributed by atoms with E-state index >= 15 is 0 Å². The summed E-state index contributed by atoms with van der Waals surface area (Å²) in [6, 6.07) is 2.83. The van der Waals surface area contributed by atoms with Crippen molar-refractivity contribution in [2.45, 2.75) is 31.6 Å². The fourth-order valence-electron chi connectivity index (χ4n) is 1.69. The van der Waals surface area contributed by atoms with Crippen LogP contribution in [-0.2, 0) is 10.0 Å². The standard InChI is InChI=1S/C13H16ClN3O2S2/c1-7(2)11-6-20-13(16-11)17-21(18,19)9-4-8(3)12(14)10(15)5-9/h4-7H,15H2,1-3H3,(H,16,17). The summed E-state index contributed by atoms with van der Waals surface area (Å²) in [7, 11) is -3.73. The van der Waals surface area contributed by atoms with Crippen LogP contribution in [0.1, 0.15) is 31.0 Å². The molecule has 1 aromatic carbocycles. The van der Waals surface area contributed by atoms with Crippen molar-refractivity contribution < 1.29 is 8.42 Å². The summed E-state index contributed by atoms with van der Waals surface area (Å²) in [5, 5.41) is 2.54. The van der Waals surface area contributed by atoms with Crippen LogP contribution in [0.4, 0.5) is 10.8 Å². The van der Waals surface area contributed by atoms with Gasteiger partial charge in [0.1, 0.15) is 0 Å². The van der Waals surface area contributed by atoms with E-state index in [1.807, 2.05) is 19.2 Å². The van der Waals surface area contributed by atoms with Gasteiger partial charge in [-0.3, -0.25) is 4.72 Å². The summed E-state index contributed by atoms with van der Waals surface area (Å²) in [6.07, 6.45) is 0. The third-order valence-corrected chi connectivity index (χ3v) is 5.64. The Kier molecular flexibility index (Phi) is 4.46. The molecule has 0 fully saturated rings. The zero-order valence-electron chi connectivity index (χ0n) is 11.8. The molecule has 114 valence electrons. The van der Waals surface area contributed by atoms with E-state index < -0.39 is 10.0 Å². The predicted molar refractivity (Wildman–Crippen MR) is 87.6 cm³/mol. The molecule has 0 unspecified atom stereocenters. The molecular weight excluding hydrogens is 330 g/mol. The number of halogens is 1. The van der Waals surface area contributed by atoms with Crippen LogP contribution in [0, 0.1) is 6.92 Å². The molecule has 3 N–H and O–H groups in total. The molecule has 21 heavy (non-hydrogen) atoms. The van der Waals surface area contributed by atoms with Crippen LogP contribution in [0.25, 0.3) is 0 Å². The van der Waals surface area contributed by atoms with Crippen LogP contribution in [0.3, 0.4) is 0 Å². The van der Waals surface area contributed by atoms with Crippen LogP contribution in [0.2, 0.25) is 5.02 Å². The van der Waals surface area contributed by atoms with Crippen LogP contribution in [0.5, 0.6) is 0 Å². The number of anilines is 2. The second-order valence-corrected chi connectivity index (χ2v) is 7.90. The van der Waals surface area contributed by atoms with Crippen molar-refractivity contribution in [3.63, 3.8) is 0 Å². The summed E-state index contributed by atoms with van der Waals surface area (Å²) in [5.74, 6) is 0.243. The van der Waals surface area contributed by atoms with Crippen LogP contribution in [-0.4, -0.2) is 13.4 Å². The Morgan fingerprint density at radius 2 is 2.05 bits per heavy atom. The molecule has 0 saturated carbocycles. The van der Waals surface area contributed by atoms with Gasteiger partial charge in [-0.05, 0) is 30.5 Å². The second kappa shape index (κ2) is 5.82. The Morgan fingerprint density at radius 1 is 1.38 bits per heavy atom. The fourth-order valence-corrected chi connectivity index (χ4v) is 4.04. The van der Waals surface area contributed by atoms with E-state index in [0.717, 1.165) is 5.69 Å². The molecular formula is C13H16ClN3O2S2. The SMILES string of the molecule is Cc1cc(S(=O)(=O)Nc2nc(C(C)C)cs2)cc(N)c1Cl. The number of hydrogen-bond donors (Lipinski definition) is 2. The molecule has 0 saturated heterocycles. The molecule has 0 aliphatic carbocycles. The summed E-state index contributed by atoms with van der Waals surface area (Å²) >= 11 is 7.20. The number of nitrogens with zero attached hydrogens (tertiary/aromatic N) is 1. The average molecular weight is 346 g/mol. The Morgan fingerprint density at radius 3 is 2.57 bits per heavy atom. The van der Waals surface area contributed by atoms with Gasteiger partial charge in [0.15, 0.2) is 5.13 Å². The van der Waals surface area contributed by atoms with E-state index in [9.17, 15) is 8.42 Å². The Balaban J connectivity index is 2.33. The van der Waals surface area contributed by atoms with Crippen molar-refractivity contribution in [1.82, 2.24) is 4.98 Å². The summed E-state index contributed by atoms with van der Waals surface area (Å²) < 4.78 is 27.2. The van der Waals surface area contributed by atoms with Crippen molar-refractivity contribution in [2.24, 2.45) is 0 Å². The monoisotopic (exact) mass is 345 g/mol. The number of aromatic nitrogens is 1. The summed E-state index contributed by atoms with van der Waals surface area (Å²) in [5.41, 5.74) is 7.42. The first-order valence-electron chi connectivity index (χ1n) is 6.24. The molecule has 0 spiro atoms. The molecule has 5 nitrogen and oxygen atoms in total. The quantitative estimate of drug-likeness (QED) is 0.829. The zero-order valence-corrected chi connectivity index (χ0v) is 14.2. The van der Waals surface area contributed by atoms with Gasteiger partial charge in [-0.2, -0.15) is 0 Å². The zero-order chi connectivity index (χ0) is 15.8. The summed E-state index contributed by atoms with van der Waals surface area (Å²) in [6.45, 7) is 5.70. The van der Waals surface area contributed by atoms with E-state index in [2.05, 4.69) is 9.71 Å². The van der Waals surface area contributed by atoms with Gasteiger partial charge in [-0.15, -0.1) is 11.3 Å². The van der Waals surface area contributed by atoms with Crippen molar-refractivity contribution >= 4 is 43.8 Å². The van der Waals surface area contributed by atoms with Gasteiger partial charge in [0.25, 0.3) is 10.0 Å². The van der Waals surface area contributed by atoms with Crippen LogP contribution >= 0.6 is 22.9 Å². The van der Waals surface area contributed by atoms with Gasteiger partial charge in [0, 0.05) is 5.38 Å². The van der Waals surface area contributed by atoms with Gasteiger partial charge < -0.3 is 5.73 Å². The molecule has 0 amide bonds. The van der Waals surface area contributed by atoms with Gasteiger partial charge in [0.05, 0.1) is 21.3 Å². The number of rotatable bonds is 4. The first kappa shape index (κ1) is 16.1. The minimum absolute atomic E-state index is 0.0724. The first-order chi connectivity index (χ1) is 9.70. The molecule has 2 aromatic rings. The first-order valence-corrected chi connectivity index (χ1v) is 8.98. The number of nitrogen functional groups attached to an aromatic ring is 1. The maximum absolute atomic E-state index is 12.4. The average Bonchev–Trinajstić information content (AvgIpc) is 2.83. The minimum atomic E-state index is -3.73. The summed E-state index contributed by atoms with van der Waals surface area (Å²) in [4.78, 5) is 4.33. The van der Waals surface area contributed by atoms with Crippen LogP contribution < -0.4 is 10.5 Å². The lowest BCUT2D eigenvalue weighted by molar-refractivity contribution is 0.601. The molecule has 0 bridgehead atoms. The number of hydrogen-bond acceptors (Lipinski definition) is 5. The molecule has 1 aromatic heterocycles. The predicted octanol–water partition coefficient (Wildman–Crippen LogP) is 3.61. The van der Waals surface area contributed by atoms with E-state index in [1.165, 1.54) is 23.5 Å². The number of nitrogens with one attached hydrogen (secondary N) is 1. The van der Waals surface area contributed by atoms with E-state index in [4.69, 9.17) is 17.3 Å². The van der Waals surface area contributed by atoms with Gasteiger partial charge >= 0.3 is 0 Å². The number of sulfonamides is 1. The van der Waals surface area contributed by atoms with Crippen molar-refractivity contribution in [1.29, 1.82) is 0 Å². The maximum atomic E-state index is 12.4. The molecule has 8 heteroatoms. The molecule has 1 heterocycles. The highest BCUT2D eigenvalue weighted by Gasteiger charge is 2.19. The van der Waals surface area contributed by atoms with E-state index in [0.29, 0.717) is 15.7 Å². The van der Waals surface area contributed by atoms with Crippen molar-refractivity contribution in [2.75, 3.05) is 10.5 Å². The molecule has 0 atom stereocenters. The highest BCUT2D eigenvalue weighted by Crippen LogP contribution is 2.29. The number of thiazole rings is 1. The highest BCUT2D eigenvalue weighted by molar-refractivity contribution is 7.93. The van der Waals surface area contributed by atoms with E-state index in [1.54, 1.807) is 6.92 Å². The van der Waals surface area contributed by atoms with E-state index in [-0.39, 0.29) is 16.5 Å². The number of nitrogens with two attached hydrogens (primary N) is 1. The molecule has 0 aliphatic heterocycles. The van der Waals surface area contributed by atoms with Gasteiger partial charge in [0.2, 0.25) is 0 Å².